The normalized spacial score (nSPS) is 11.3. The number of hydrazone groups is 1. The van der Waals surface area contributed by atoms with Crippen LogP contribution in [0, 0.1) is 10.1 Å². The number of nitro benzene ring substituents is 1. The zero-order valence-corrected chi connectivity index (χ0v) is 16.7. The number of thiophene rings is 1. The molecule has 3 rings (SSSR count). The van der Waals surface area contributed by atoms with Crippen LogP contribution in [0.5, 0.6) is 0 Å². The summed E-state index contributed by atoms with van der Waals surface area (Å²) in [5, 5.41) is 26.4. The molecule has 0 unspecified atom stereocenters. The van der Waals surface area contributed by atoms with E-state index in [1.54, 1.807) is 6.07 Å². The minimum atomic E-state index is -4.28. The molecule has 0 aliphatic heterocycles. The molecule has 0 aliphatic carbocycles. The van der Waals surface area contributed by atoms with Crippen molar-refractivity contribution in [2.75, 3.05) is 10.1 Å². The topological polar surface area (TPSA) is 151 Å². The Balaban J connectivity index is 1.89. The Morgan fingerprint density at radius 1 is 1.13 bits per heavy atom. The second-order valence-electron chi connectivity index (χ2n) is 5.78. The molecule has 0 atom stereocenters. The number of rotatable bonds is 8. The number of anilines is 2. The van der Waals surface area contributed by atoms with Crippen molar-refractivity contribution in [3.63, 3.8) is 0 Å². The molecule has 0 spiro atoms. The van der Waals surface area contributed by atoms with Gasteiger partial charge in [-0.3, -0.25) is 20.3 Å². The van der Waals surface area contributed by atoms with Crippen LogP contribution in [0.3, 0.4) is 0 Å². The lowest BCUT2D eigenvalue weighted by molar-refractivity contribution is -0.384. The second kappa shape index (κ2) is 8.71. The molecule has 0 saturated carbocycles. The Morgan fingerprint density at radius 3 is 2.57 bits per heavy atom. The number of para-hydroxylation sites is 1. The maximum atomic E-state index is 12.7. The van der Waals surface area contributed by atoms with E-state index in [0.29, 0.717) is 0 Å². The van der Waals surface area contributed by atoms with Crippen LogP contribution >= 0.6 is 11.3 Å². The van der Waals surface area contributed by atoms with Crippen molar-refractivity contribution in [1.29, 1.82) is 0 Å². The molecule has 0 bridgehead atoms. The quantitative estimate of drug-likeness (QED) is 0.272. The molecular formula is C18H14N4O6S2. The van der Waals surface area contributed by atoms with Crippen molar-refractivity contribution >= 4 is 50.6 Å². The van der Waals surface area contributed by atoms with Gasteiger partial charge in [0.15, 0.2) is 0 Å². The van der Waals surface area contributed by atoms with E-state index in [4.69, 9.17) is 0 Å². The van der Waals surface area contributed by atoms with E-state index in [2.05, 4.69) is 15.2 Å². The average Bonchev–Trinajstić information content (AvgIpc) is 3.21. The van der Waals surface area contributed by atoms with Gasteiger partial charge in [0.25, 0.3) is 15.7 Å². The predicted molar refractivity (Wildman–Crippen MR) is 113 cm³/mol. The van der Waals surface area contributed by atoms with Crippen LogP contribution in [-0.2, 0) is 10.0 Å². The molecule has 10 nitrogen and oxygen atoms in total. The molecule has 154 valence electrons. The monoisotopic (exact) mass is 446 g/mol. The first-order chi connectivity index (χ1) is 14.3. The first-order valence-electron chi connectivity index (χ1n) is 8.24. The summed E-state index contributed by atoms with van der Waals surface area (Å²) in [5.41, 5.74) is 1.61. The maximum Gasteiger partial charge on any atom is 0.337 e. The Morgan fingerprint density at radius 2 is 1.90 bits per heavy atom. The molecule has 1 heterocycles. The summed E-state index contributed by atoms with van der Waals surface area (Å²) >= 11 is 1.43. The van der Waals surface area contributed by atoms with Gasteiger partial charge < -0.3 is 5.11 Å². The average molecular weight is 446 g/mol. The van der Waals surface area contributed by atoms with Gasteiger partial charge in [-0.1, -0.05) is 18.2 Å². The minimum absolute atomic E-state index is 0.00214. The van der Waals surface area contributed by atoms with Crippen LogP contribution < -0.4 is 10.1 Å². The second-order valence-corrected chi connectivity index (χ2v) is 8.44. The standard InChI is InChI=1S/C18H14N4O6S2/c23-18(24)14-5-1-2-6-15(14)21-30(27,28)13-7-8-16(17(10-13)22(25)26)20-19-11-12-4-3-9-29-12/h1-11,20-21H,(H,23,24). The number of carboxylic acids is 1. The SMILES string of the molecule is O=C(O)c1ccccc1NS(=O)(=O)c1ccc(NN=Cc2cccs2)c([N+](=O)[O-])c1. The van der Waals surface area contributed by atoms with Gasteiger partial charge in [-0.15, -0.1) is 11.3 Å². The van der Waals surface area contributed by atoms with E-state index in [-0.39, 0.29) is 16.9 Å². The van der Waals surface area contributed by atoms with Gasteiger partial charge >= 0.3 is 5.97 Å². The molecule has 0 radical (unpaired) electrons. The molecular weight excluding hydrogens is 432 g/mol. The number of carbonyl (C=O) groups is 1. The fourth-order valence-electron chi connectivity index (χ4n) is 2.42. The van der Waals surface area contributed by atoms with Crippen LogP contribution in [-0.4, -0.2) is 30.6 Å². The summed E-state index contributed by atoms with van der Waals surface area (Å²) in [6.07, 6.45) is 1.48. The third-order valence-electron chi connectivity index (χ3n) is 3.80. The third kappa shape index (κ3) is 4.79. The smallest absolute Gasteiger partial charge is 0.337 e. The molecule has 0 amide bonds. The van der Waals surface area contributed by atoms with E-state index in [0.717, 1.165) is 17.0 Å². The van der Waals surface area contributed by atoms with Crippen LogP contribution in [0.15, 0.2) is 70.0 Å². The van der Waals surface area contributed by atoms with Gasteiger partial charge in [0.2, 0.25) is 0 Å². The Kier molecular flexibility index (Phi) is 6.09. The number of benzene rings is 2. The Bertz CT molecular complexity index is 1220. The number of nitro groups is 1. The molecule has 3 aromatic rings. The van der Waals surface area contributed by atoms with Crippen LogP contribution in [0.25, 0.3) is 0 Å². The molecule has 2 aromatic carbocycles. The van der Waals surface area contributed by atoms with Crippen molar-refractivity contribution in [2.24, 2.45) is 5.10 Å². The highest BCUT2D eigenvalue weighted by atomic mass is 32.2. The molecule has 3 N–H and O–H groups in total. The predicted octanol–water partition coefficient (Wildman–Crippen LogP) is 3.60. The van der Waals surface area contributed by atoms with Gasteiger partial charge in [0.05, 0.1) is 27.3 Å². The number of nitrogens with zero attached hydrogens (tertiary/aromatic N) is 2. The van der Waals surface area contributed by atoms with E-state index < -0.39 is 31.5 Å². The fourth-order valence-corrected chi connectivity index (χ4v) is 4.10. The Labute approximate surface area is 174 Å². The molecule has 12 heteroatoms. The van der Waals surface area contributed by atoms with E-state index in [1.807, 2.05) is 11.4 Å². The Hall–Kier alpha value is -3.77. The van der Waals surface area contributed by atoms with E-state index in [1.165, 1.54) is 47.9 Å². The number of nitrogens with one attached hydrogen (secondary N) is 2. The summed E-state index contributed by atoms with van der Waals surface area (Å²) in [4.78, 5) is 22.4. The zero-order valence-electron chi connectivity index (χ0n) is 15.1. The summed E-state index contributed by atoms with van der Waals surface area (Å²) in [6, 6.07) is 12.3. The van der Waals surface area contributed by atoms with Crippen LogP contribution in [0.4, 0.5) is 17.1 Å². The van der Waals surface area contributed by atoms with Crippen molar-refractivity contribution in [2.45, 2.75) is 4.90 Å². The lowest BCUT2D eigenvalue weighted by atomic mass is 10.2. The third-order valence-corrected chi connectivity index (χ3v) is 5.97. The summed E-state index contributed by atoms with van der Waals surface area (Å²) < 4.78 is 27.5. The van der Waals surface area contributed by atoms with Crippen molar-refractivity contribution in [3.8, 4) is 0 Å². The fraction of sp³-hybridized carbons (Fsp3) is 0. The maximum absolute atomic E-state index is 12.7. The molecule has 0 fully saturated rings. The molecule has 30 heavy (non-hydrogen) atoms. The zero-order chi connectivity index (χ0) is 21.7. The first-order valence-corrected chi connectivity index (χ1v) is 10.6. The van der Waals surface area contributed by atoms with Gasteiger partial charge in [0.1, 0.15) is 5.69 Å². The number of sulfonamides is 1. The molecule has 1 aromatic heterocycles. The molecule has 0 saturated heterocycles. The van der Waals surface area contributed by atoms with Gasteiger partial charge in [0, 0.05) is 10.9 Å². The van der Waals surface area contributed by atoms with Gasteiger partial charge in [-0.2, -0.15) is 5.10 Å². The summed E-state index contributed by atoms with van der Waals surface area (Å²) in [5.74, 6) is -1.32. The molecule has 0 aliphatic rings. The van der Waals surface area contributed by atoms with Crippen molar-refractivity contribution < 1.29 is 23.2 Å². The van der Waals surface area contributed by atoms with Crippen LogP contribution in [0.1, 0.15) is 15.2 Å². The van der Waals surface area contributed by atoms with Crippen molar-refractivity contribution in [3.05, 3.63) is 80.5 Å². The number of hydrogen-bond acceptors (Lipinski definition) is 8. The highest BCUT2D eigenvalue weighted by Gasteiger charge is 2.23. The lowest BCUT2D eigenvalue weighted by Gasteiger charge is -2.11. The lowest BCUT2D eigenvalue weighted by Crippen LogP contribution is -2.16. The largest absolute Gasteiger partial charge is 0.478 e. The van der Waals surface area contributed by atoms with Crippen molar-refractivity contribution in [1.82, 2.24) is 0 Å². The van der Waals surface area contributed by atoms with Gasteiger partial charge in [-0.25, -0.2) is 13.2 Å². The van der Waals surface area contributed by atoms with Gasteiger partial charge in [-0.05, 0) is 35.7 Å². The van der Waals surface area contributed by atoms with E-state index >= 15 is 0 Å². The summed E-state index contributed by atoms with van der Waals surface area (Å²) in [6.45, 7) is 0. The number of hydrogen-bond donors (Lipinski definition) is 3. The minimum Gasteiger partial charge on any atom is -0.478 e. The number of carboxylic acid groups (broad SMARTS) is 1. The highest BCUT2D eigenvalue weighted by Crippen LogP contribution is 2.29. The number of aromatic carboxylic acids is 1. The first kappa shape index (κ1) is 21.0. The highest BCUT2D eigenvalue weighted by molar-refractivity contribution is 7.92. The summed E-state index contributed by atoms with van der Waals surface area (Å²) in [7, 11) is -4.28. The van der Waals surface area contributed by atoms with Crippen LogP contribution in [0.2, 0.25) is 0 Å². The van der Waals surface area contributed by atoms with E-state index in [9.17, 15) is 28.4 Å².